The first-order chi connectivity index (χ1) is 11.1. The minimum atomic E-state index is -0.883. The van der Waals surface area contributed by atoms with Gasteiger partial charge in [0.25, 0.3) is 0 Å². The Hall–Kier alpha value is -2.14. The van der Waals surface area contributed by atoms with Gasteiger partial charge in [-0.15, -0.1) is 12.4 Å². The number of hydrogen-bond acceptors (Lipinski definition) is 2. The number of nitrogens with two attached hydrogens (primary N) is 1. The number of aryl methyl sites for hydroxylation is 1. The molecule has 3 nitrogen and oxygen atoms in total. The monoisotopic (exact) mass is 352 g/mol. The molecule has 2 aromatic carbocycles. The molecule has 0 fully saturated rings. The zero-order valence-electron chi connectivity index (χ0n) is 13.1. The van der Waals surface area contributed by atoms with Crippen molar-refractivity contribution in [2.24, 2.45) is 0 Å². The Bertz CT molecular complexity index is 752. The van der Waals surface area contributed by atoms with E-state index in [9.17, 15) is 13.6 Å². The molecule has 0 bridgehead atoms. The molecule has 1 aliphatic rings. The van der Waals surface area contributed by atoms with E-state index in [0.717, 1.165) is 30.2 Å². The van der Waals surface area contributed by atoms with Gasteiger partial charge < -0.3 is 10.6 Å². The van der Waals surface area contributed by atoms with Gasteiger partial charge in [0.1, 0.15) is 0 Å². The Morgan fingerprint density at radius 3 is 2.71 bits per heavy atom. The van der Waals surface area contributed by atoms with Crippen molar-refractivity contribution in [2.75, 3.05) is 17.2 Å². The fraction of sp³-hybridized carbons (Fsp3) is 0.278. The maximum absolute atomic E-state index is 13.7. The van der Waals surface area contributed by atoms with Gasteiger partial charge in [-0.2, -0.15) is 0 Å². The van der Waals surface area contributed by atoms with Crippen molar-refractivity contribution >= 4 is 29.7 Å². The molecule has 2 N–H and O–H groups in total. The smallest absolute Gasteiger partial charge is 0.227 e. The number of nitrogen functional groups attached to an aromatic ring is 1. The molecule has 1 heterocycles. The third-order valence-corrected chi connectivity index (χ3v) is 4.23. The van der Waals surface area contributed by atoms with Crippen molar-refractivity contribution in [2.45, 2.75) is 25.7 Å². The van der Waals surface area contributed by atoms with Crippen LogP contribution in [0, 0.1) is 11.6 Å². The fourth-order valence-corrected chi connectivity index (χ4v) is 3.03. The lowest BCUT2D eigenvalue weighted by molar-refractivity contribution is -0.118. The summed E-state index contributed by atoms with van der Waals surface area (Å²) in [6.07, 6.45) is 2.01. The molecule has 1 aliphatic heterocycles. The third kappa shape index (κ3) is 3.51. The van der Waals surface area contributed by atoms with Crippen LogP contribution in [0.5, 0.6) is 0 Å². The van der Waals surface area contributed by atoms with Gasteiger partial charge in [-0.05, 0) is 48.6 Å². The van der Waals surface area contributed by atoms with Gasteiger partial charge in [0.2, 0.25) is 5.91 Å². The predicted octanol–water partition coefficient (Wildman–Crippen LogP) is 3.88. The number of benzene rings is 2. The van der Waals surface area contributed by atoms with Crippen LogP contribution >= 0.6 is 12.4 Å². The summed E-state index contributed by atoms with van der Waals surface area (Å²) in [7, 11) is 0. The molecule has 0 saturated heterocycles. The molecule has 0 saturated carbocycles. The van der Waals surface area contributed by atoms with Crippen LogP contribution < -0.4 is 10.6 Å². The number of amides is 1. The summed E-state index contributed by atoms with van der Waals surface area (Å²) in [5.74, 6) is -1.85. The Labute approximate surface area is 145 Å². The van der Waals surface area contributed by atoms with Crippen LogP contribution in [0.4, 0.5) is 20.2 Å². The first-order valence-electron chi connectivity index (χ1n) is 7.68. The van der Waals surface area contributed by atoms with Gasteiger partial charge in [0, 0.05) is 24.3 Å². The van der Waals surface area contributed by atoms with Gasteiger partial charge in [-0.1, -0.05) is 18.2 Å². The molecule has 128 valence electrons. The molecule has 0 aromatic heterocycles. The molecular formula is C18H19ClF2N2O. The SMILES string of the molecule is Cl.Nc1cccc2c1CCCN2C(=O)CCc1cccc(F)c1F. The van der Waals surface area contributed by atoms with Crippen molar-refractivity contribution in [3.8, 4) is 0 Å². The van der Waals surface area contributed by atoms with Crippen LogP contribution in [0.1, 0.15) is 24.0 Å². The van der Waals surface area contributed by atoms with E-state index in [2.05, 4.69) is 0 Å². The molecule has 24 heavy (non-hydrogen) atoms. The number of halogens is 3. The van der Waals surface area contributed by atoms with Crippen LogP contribution in [0.2, 0.25) is 0 Å². The molecule has 0 unspecified atom stereocenters. The topological polar surface area (TPSA) is 46.3 Å². The number of carbonyl (C=O) groups is 1. The number of rotatable bonds is 3. The zero-order chi connectivity index (χ0) is 16.4. The molecule has 2 aromatic rings. The van der Waals surface area contributed by atoms with Crippen molar-refractivity contribution in [3.63, 3.8) is 0 Å². The number of fused-ring (bicyclic) bond motifs is 1. The molecule has 0 spiro atoms. The highest BCUT2D eigenvalue weighted by Crippen LogP contribution is 2.31. The maximum atomic E-state index is 13.7. The summed E-state index contributed by atoms with van der Waals surface area (Å²) in [6.45, 7) is 0.626. The van der Waals surface area contributed by atoms with Crippen LogP contribution in [0.15, 0.2) is 36.4 Å². The lowest BCUT2D eigenvalue weighted by Gasteiger charge is -2.30. The van der Waals surface area contributed by atoms with Gasteiger partial charge in [-0.25, -0.2) is 8.78 Å². The summed E-state index contributed by atoms with van der Waals surface area (Å²) >= 11 is 0. The normalized spacial score (nSPS) is 13.2. The molecular weight excluding hydrogens is 334 g/mol. The van der Waals surface area contributed by atoms with Crippen molar-refractivity contribution in [3.05, 3.63) is 59.2 Å². The quantitative estimate of drug-likeness (QED) is 0.852. The summed E-state index contributed by atoms with van der Waals surface area (Å²) in [6, 6.07) is 9.57. The Kier molecular flexibility index (Phi) is 5.78. The highest BCUT2D eigenvalue weighted by atomic mass is 35.5. The maximum Gasteiger partial charge on any atom is 0.227 e. The van der Waals surface area contributed by atoms with E-state index >= 15 is 0 Å². The van der Waals surface area contributed by atoms with Gasteiger partial charge in [0.05, 0.1) is 0 Å². The van der Waals surface area contributed by atoms with Gasteiger partial charge in [-0.3, -0.25) is 4.79 Å². The van der Waals surface area contributed by atoms with E-state index in [4.69, 9.17) is 5.73 Å². The van der Waals surface area contributed by atoms with E-state index in [1.54, 1.807) is 4.90 Å². The van der Waals surface area contributed by atoms with E-state index < -0.39 is 11.6 Å². The summed E-state index contributed by atoms with van der Waals surface area (Å²) < 4.78 is 26.9. The second kappa shape index (κ2) is 7.62. The summed E-state index contributed by atoms with van der Waals surface area (Å²) in [4.78, 5) is 14.2. The van der Waals surface area contributed by atoms with Crippen LogP contribution in [0.25, 0.3) is 0 Å². The van der Waals surface area contributed by atoms with E-state index in [1.165, 1.54) is 12.1 Å². The lowest BCUT2D eigenvalue weighted by Crippen LogP contribution is -2.35. The average molecular weight is 353 g/mol. The molecule has 0 atom stereocenters. The molecule has 0 aliphatic carbocycles. The number of nitrogens with zero attached hydrogens (tertiary/aromatic N) is 1. The van der Waals surface area contributed by atoms with Gasteiger partial charge in [0.15, 0.2) is 11.6 Å². The Morgan fingerprint density at radius 1 is 1.17 bits per heavy atom. The second-order valence-corrected chi connectivity index (χ2v) is 5.71. The highest BCUT2D eigenvalue weighted by Gasteiger charge is 2.23. The van der Waals surface area contributed by atoms with E-state index in [-0.39, 0.29) is 36.7 Å². The van der Waals surface area contributed by atoms with E-state index in [1.807, 2.05) is 18.2 Å². The molecule has 0 radical (unpaired) electrons. The molecule has 6 heteroatoms. The third-order valence-electron chi connectivity index (χ3n) is 4.23. The molecule has 3 rings (SSSR count). The molecule has 1 amide bonds. The van der Waals surface area contributed by atoms with Crippen molar-refractivity contribution < 1.29 is 13.6 Å². The number of hydrogen-bond donors (Lipinski definition) is 1. The van der Waals surface area contributed by atoms with Gasteiger partial charge >= 0.3 is 0 Å². The first-order valence-corrected chi connectivity index (χ1v) is 7.68. The van der Waals surface area contributed by atoms with Crippen LogP contribution in [-0.4, -0.2) is 12.5 Å². The highest BCUT2D eigenvalue weighted by molar-refractivity contribution is 5.95. The largest absolute Gasteiger partial charge is 0.398 e. The first kappa shape index (κ1) is 18.2. The number of anilines is 2. The standard InChI is InChI=1S/C18H18F2N2O.ClH/c19-14-6-1-4-12(18(14)20)9-10-17(23)22-11-3-5-13-15(21)7-2-8-16(13)22;/h1-2,4,6-8H,3,5,9-11,21H2;1H. The zero-order valence-corrected chi connectivity index (χ0v) is 13.9. The average Bonchev–Trinajstić information content (AvgIpc) is 2.56. The van der Waals surface area contributed by atoms with Crippen LogP contribution in [0.3, 0.4) is 0 Å². The predicted molar refractivity (Wildman–Crippen MR) is 93.5 cm³/mol. The fourth-order valence-electron chi connectivity index (χ4n) is 3.03. The Balaban J connectivity index is 0.00000208. The minimum Gasteiger partial charge on any atom is -0.398 e. The second-order valence-electron chi connectivity index (χ2n) is 5.71. The van der Waals surface area contributed by atoms with E-state index in [0.29, 0.717) is 12.2 Å². The number of carbonyl (C=O) groups excluding carboxylic acids is 1. The van der Waals surface area contributed by atoms with Crippen molar-refractivity contribution in [1.29, 1.82) is 0 Å². The Morgan fingerprint density at radius 2 is 1.92 bits per heavy atom. The summed E-state index contributed by atoms with van der Waals surface area (Å²) in [5.41, 5.74) is 8.72. The summed E-state index contributed by atoms with van der Waals surface area (Å²) in [5, 5.41) is 0. The van der Waals surface area contributed by atoms with Crippen LogP contribution in [-0.2, 0) is 17.6 Å². The minimum absolute atomic E-state index is 0. The lowest BCUT2D eigenvalue weighted by atomic mass is 9.99. The van der Waals surface area contributed by atoms with Crippen molar-refractivity contribution in [1.82, 2.24) is 0 Å².